The van der Waals surface area contributed by atoms with E-state index in [-0.39, 0.29) is 13.0 Å². The third-order valence-corrected chi connectivity index (χ3v) is 5.25. The maximum atomic E-state index is 12.0. The summed E-state index contributed by atoms with van der Waals surface area (Å²) in [5.41, 5.74) is 0. The molecule has 0 fully saturated rings. The average molecular weight is 527 g/mol. The van der Waals surface area contributed by atoms with E-state index in [1.165, 1.54) is 64.2 Å². The van der Waals surface area contributed by atoms with E-state index >= 15 is 0 Å². The van der Waals surface area contributed by atoms with Gasteiger partial charge < -0.3 is 14.6 Å². The van der Waals surface area contributed by atoms with Crippen molar-refractivity contribution >= 4 is 11.9 Å². The Hall–Kier alpha value is -4.18. The highest BCUT2D eigenvalue weighted by atomic mass is 16.6. The van der Waals surface area contributed by atoms with Gasteiger partial charge in [0, 0.05) is 12.3 Å². The van der Waals surface area contributed by atoms with E-state index in [2.05, 4.69) is 83.9 Å². The van der Waals surface area contributed by atoms with Gasteiger partial charge in [-0.25, -0.2) is 4.79 Å². The lowest BCUT2D eigenvalue weighted by Crippen LogP contribution is -2.28. The van der Waals surface area contributed by atoms with Crippen LogP contribution in [0.25, 0.3) is 0 Å². The first kappa shape index (κ1) is 34.8. The van der Waals surface area contributed by atoms with Gasteiger partial charge in [-0.2, -0.15) is 0 Å². The molecule has 0 aliphatic carbocycles. The molecule has 0 saturated heterocycles. The molecule has 0 heterocycles. The molecule has 0 aliphatic heterocycles. The van der Waals surface area contributed by atoms with Crippen LogP contribution in [0.3, 0.4) is 0 Å². The van der Waals surface area contributed by atoms with Crippen molar-refractivity contribution in [1.29, 1.82) is 0 Å². The number of hydrogen-bond acceptors (Lipinski definition) is 5. The molecule has 5 heteroatoms. The molecular weight excluding hydrogens is 488 g/mol. The van der Waals surface area contributed by atoms with Crippen molar-refractivity contribution in [3.05, 3.63) is 0 Å². The van der Waals surface area contributed by atoms with Gasteiger partial charge in [0.1, 0.15) is 6.61 Å². The highest BCUT2D eigenvalue weighted by Gasteiger charge is 2.15. The Morgan fingerprint density at radius 1 is 0.667 bits per heavy atom. The highest BCUT2D eigenvalue weighted by Crippen LogP contribution is 2.13. The molecule has 0 aromatic carbocycles. The van der Waals surface area contributed by atoms with E-state index in [4.69, 9.17) is 15.9 Å². The number of terminal acetylenes is 1. The summed E-state index contributed by atoms with van der Waals surface area (Å²) in [6, 6.07) is 0. The molecule has 0 amide bonds. The van der Waals surface area contributed by atoms with Gasteiger partial charge in [0.2, 0.25) is 0 Å². The van der Waals surface area contributed by atoms with Gasteiger partial charge in [0.05, 0.1) is 6.61 Å². The summed E-state index contributed by atoms with van der Waals surface area (Å²) in [5, 5.41) is 9.38. The van der Waals surface area contributed by atoms with Crippen LogP contribution in [0, 0.1) is 83.4 Å². The number of carbonyl (C=O) groups is 2. The molecule has 0 aliphatic rings. The monoisotopic (exact) mass is 526 g/mol. The van der Waals surface area contributed by atoms with Crippen molar-refractivity contribution in [2.45, 2.75) is 103 Å². The van der Waals surface area contributed by atoms with Crippen LogP contribution in [0.5, 0.6) is 0 Å². The third kappa shape index (κ3) is 26.7. The van der Waals surface area contributed by atoms with Crippen molar-refractivity contribution in [3.63, 3.8) is 0 Å². The van der Waals surface area contributed by atoms with Crippen LogP contribution in [0.15, 0.2) is 0 Å². The lowest BCUT2D eigenvalue weighted by molar-refractivity contribution is -0.159. The lowest BCUT2D eigenvalue weighted by Gasteiger charge is -2.14. The maximum Gasteiger partial charge on any atom is 0.385 e. The molecule has 5 nitrogen and oxygen atoms in total. The topological polar surface area (TPSA) is 72.8 Å². The van der Waals surface area contributed by atoms with E-state index in [0.717, 1.165) is 19.3 Å². The minimum Gasteiger partial charge on any atom is -0.456 e. The molecule has 1 atom stereocenters. The van der Waals surface area contributed by atoms with Crippen LogP contribution in [0.4, 0.5) is 0 Å². The SMILES string of the molecule is C#CC#CC#CC#CC#CC#CC#CC(=O)OC[C@H](CO)OC(=O)CCCCCCCCCCCCCCC. The second kappa shape index (κ2) is 28.4. The first-order valence-corrected chi connectivity index (χ1v) is 13.6. The summed E-state index contributed by atoms with van der Waals surface area (Å²) in [7, 11) is 0. The molecule has 0 bridgehead atoms. The normalized spacial score (nSPS) is 9.26. The number of aliphatic hydroxyl groups is 1. The van der Waals surface area contributed by atoms with Crippen LogP contribution in [-0.4, -0.2) is 36.4 Å². The molecule has 0 aromatic rings. The molecule has 204 valence electrons. The van der Waals surface area contributed by atoms with Crippen molar-refractivity contribution in [1.82, 2.24) is 0 Å². The van der Waals surface area contributed by atoms with E-state index in [1.807, 2.05) is 0 Å². The number of aliphatic hydroxyl groups excluding tert-OH is 1. The quantitative estimate of drug-likeness (QED) is 0.123. The summed E-state index contributed by atoms with van der Waals surface area (Å²) in [6.07, 6.45) is 20.2. The van der Waals surface area contributed by atoms with Gasteiger partial charge in [-0.15, -0.1) is 6.42 Å². The number of rotatable bonds is 18. The van der Waals surface area contributed by atoms with Gasteiger partial charge in [-0.05, 0) is 77.5 Å². The fraction of sp³-hybridized carbons (Fsp3) is 0.529. The van der Waals surface area contributed by atoms with Crippen molar-refractivity contribution in [2.24, 2.45) is 0 Å². The summed E-state index contributed by atoms with van der Waals surface area (Å²) >= 11 is 0. The zero-order chi connectivity index (χ0) is 28.7. The number of hydrogen-bond donors (Lipinski definition) is 1. The number of esters is 2. The van der Waals surface area contributed by atoms with Gasteiger partial charge in [0.25, 0.3) is 0 Å². The van der Waals surface area contributed by atoms with E-state index < -0.39 is 24.6 Å². The summed E-state index contributed by atoms with van der Waals surface area (Å²) < 4.78 is 10.1. The van der Waals surface area contributed by atoms with Crippen molar-refractivity contribution < 1.29 is 24.2 Å². The predicted octanol–water partition coefficient (Wildman–Crippen LogP) is 4.57. The van der Waals surface area contributed by atoms with Crippen molar-refractivity contribution in [3.8, 4) is 83.4 Å². The highest BCUT2D eigenvalue weighted by molar-refractivity contribution is 5.89. The smallest absolute Gasteiger partial charge is 0.385 e. The first-order chi connectivity index (χ1) is 19.1. The fourth-order valence-corrected chi connectivity index (χ4v) is 3.26. The van der Waals surface area contributed by atoms with Crippen LogP contribution >= 0.6 is 0 Å². The van der Waals surface area contributed by atoms with E-state index in [1.54, 1.807) is 0 Å². The maximum absolute atomic E-state index is 12.0. The lowest BCUT2D eigenvalue weighted by atomic mass is 10.0. The van der Waals surface area contributed by atoms with Gasteiger partial charge in [-0.3, -0.25) is 4.79 Å². The third-order valence-electron chi connectivity index (χ3n) is 5.25. The largest absolute Gasteiger partial charge is 0.456 e. The zero-order valence-electron chi connectivity index (χ0n) is 23.0. The number of unbranched alkanes of at least 4 members (excludes halogenated alkanes) is 12. The molecule has 0 rings (SSSR count). The Bertz CT molecular complexity index is 1130. The number of ether oxygens (including phenoxy) is 2. The van der Waals surface area contributed by atoms with Gasteiger partial charge in [-0.1, -0.05) is 84.0 Å². The molecule has 39 heavy (non-hydrogen) atoms. The summed E-state index contributed by atoms with van der Waals surface area (Å²) in [4.78, 5) is 23.7. The van der Waals surface area contributed by atoms with Crippen LogP contribution < -0.4 is 0 Å². The van der Waals surface area contributed by atoms with Gasteiger partial charge >= 0.3 is 11.9 Å². The van der Waals surface area contributed by atoms with E-state index in [0.29, 0.717) is 0 Å². The summed E-state index contributed by atoms with van der Waals surface area (Å²) in [6.45, 7) is 1.50. The van der Waals surface area contributed by atoms with Crippen molar-refractivity contribution in [2.75, 3.05) is 13.2 Å². The Kier molecular flexibility index (Phi) is 25.3. The molecule has 0 aromatic heterocycles. The average Bonchev–Trinajstić information content (AvgIpc) is 2.94. The fourth-order valence-electron chi connectivity index (χ4n) is 3.26. The molecule has 0 spiro atoms. The Morgan fingerprint density at radius 2 is 1.10 bits per heavy atom. The Balaban J connectivity index is 3.97. The minimum atomic E-state index is -0.929. The number of carbonyl (C=O) groups excluding carboxylic acids is 2. The second-order valence-electron chi connectivity index (χ2n) is 8.53. The predicted molar refractivity (Wildman–Crippen MR) is 154 cm³/mol. The molecule has 0 radical (unpaired) electrons. The zero-order valence-corrected chi connectivity index (χ0v) is 23.0. The molecule has 0 unspecified atom stereocenters. The van der Waals surface area contributed by atoms with Crippen LogP contribution in [-0.2, 0) is 19.1 Å². The summed E-state index contributed by atoms with van der Waals surface area (Å²) in [5.74, 6) is 29.4. The molecule has 0 saturated carbocycles. The second-order valence-corrected chi connectivity index (χ2v) is 8.53. The van der Waals surface area contributed by atoms with E-state index in [9.17, 15) is 14.7 Å². The standard InChI is InChI=1S/C34H38O5/c1-3-5-7-9-11-13-15-17-19-21-23-25-27-29-34(37)39-32(30-35)31-38-33(36)28-26-24-22-20-18-16-14-12-10-8-6-4-2/h2,32,35H,3,5,7,9,11,13,15,17,19,21,23,25,27,29-31H2,1H3/t32-/m0/s1. The van der Waals surface area contributed by atoms with Crippen LogP contribution in [0.1, 0.15) is 96.8 Å². The van der Waals surface area contributed by atoms with Gasteiger partial charge in [0.15, 0.2) is 6.10 Å². The Labute approximate surface area is 235 Å². The molecule has 1 N–H and O–H groups in total. The molecular formula is C34H38O5. The Morgan fingerprint density at radius 3 is 1.56 bits per heavy atom. The first-order valence-electron chi connectivity index (χ1n) is 13.6. The van der Waals surface area contributed by atoms with Crippen LogP contribution in [0.2, 0.25) is 0 Å². The minimum absolute atomic E-state index is 0.273.